The zero-order valence-electron chi connectivity index (χ0n) is 42.3. The Morgan fingerprint density at radius 1 is 0.292 bits per heavy atom. The van der Waals surface area contributed by atoms with Crippen molar-refractivity contribution in [3.05, 3.63) is 84.4 Å². The fourth-order valence-electron chi connectivity index (χ4n) is 8.27. The molecule has 65 heavy (non-hydrogen) atoms. The van der Waals surface area contributed by atoms with Crippen molar-refractivity contribution >= 4 is 23.5 Å². The van der Waals surface area contributed by atoms with Crippen LogP contribution in [0.25, 0.3) is 22.8 Å². The Balaban J connectivity index is 0.000000345. The van der Waals surface area contributed by atoms with Gasteiger partial charge < -0.3 is 0 Å². The maximum absolute atomic E-state index is 4.63. The molecule has 0 aliphatic rings. The van der Waals surface area contributed by atoms with Gasteiger partial charge in [0.2, 0.25) is 0 Å². The molecule has 0 radical (unpaired) electrons. The molecule has 0 amide bonds. The number of thioether (sulfide) groups is 2. The number of rotatable bonds is 39. The van der Waals surface area contributed by atoms with Crippen LogP contribution >= 0.6 is 23.5 Å². The van der Waals surface area contributed by atoms with Gasteiger partial charge in [0.25, 0.3) is 0 Å². The third-order valence-corrected chi connectivity index (χ3v) is 14.8. The maximum atomic E-state index is 4.63. The standard InChI is InChI=1S/C30H48N2S.C29H46N2S/c1-3-5-7-9-11-13-15-17-19-27-25-31-30(32-26-27)28-20-22-29(23-21-28)33-24-18-16-14-12-10-8-6-4-2;1-3-5-7-9-11-13-15-17-23-32-28-21-19-27(20-22-28)29-30-24-26(25-31-29)18-16-14-12-10-8-6-4-2/h20-23,25-26H,3-19,24H2,1-2H3;19-22,24-25H,3-18,23H2,1-2H3. The van der Waals surface area contributed by atoms with Crippen LogP contribution < -0.4 is 0 Å². The van der Waals surface area contributed by atoms with Crippen LogP contribution in [0.1, 0.15) is 238 Å². The van der Waals surface area contributed by atoms with Crippen LogP contribution in [0.2, 0.25) is 0 Å². The summed E-state index contributed by atoms with van der Waals surface area (Å²) in [7, 11) is 0. The SMILES string of the molecule is CCCCCCCCCCSc1ccc(-c2ncc(CCCCCCCCC)cn2)cc1.CCCCCCCCCCSc1ccc(-c2ncc(CCCCCCCCCC)cn2)cc1. The monoisotopic (exact) mass is 923 g/mol. The van der Waals surface area contributed by atoms with Gasteiger partial charge in [-0.2, -0.15) is 0 Å². The zero-order chi connectivity index (χ0) is 46.1. The van der Waals surface area contributed by atoms with Crippen molar-refractivity contribution in [1.29, 1.82) is 0 Å². The fourth-order valence-corrected chi connectivity index (χ4v) is 10.1. The highest BCUT2D eigenvalue weighted by molar-refractivity contribution is 7.99. The molecule has 0 aliphatic heterocycles. The molecule has 0 saturated heterocycles. The fraction of sp³-hybridized carbons (Fsp3) is 0.661. The second-order valence-corrected chi connectivity index (χ2v) is 21.0. The van der Waals surface area contributed by atoms with E-state index in [1.165, 1.54) is 231 Å². The predicted octanol–water partition coefficient (Wildman–Crippen LogP) is 19.7. The van der Waals surface area contributed by atoms with Gasteiger partial charge in [-0.15, -0.1) is 23.5 Å². The van der Waals surface area contributed by atoms with E-state index in [0.29, 0.717) is 0 Å². The van der Waals surface area contributed by atoms with Crippen LogP contribution in [0.4, 0.5) is 0 Å². The first-order valence-electron chi connectivity index (χ1n) is 27.2. The highest BCUT2D eigenvalue weighted by atomic mass is 32.2. The summed E-state index contributed by atoms with van der Waals surface area (Å²) in [5.74, 6) is 4.12. The largest absolute Gasteiger partial charge is 0.236 e. The lowest BCUT2D eigenvalue weighted by Gasteiger charge is -2.06. The summed E-state index contributed by atoms with van der Waals surface area (Å²) in [4.78, 5) is 21.2. The van der Waals surface area contributed by atoms with Crippen LogP contribution in [0.3, 0.4) is 0 Å². The molecular weight excluding hydrogens is 829 g/mol. The minimum Gasteiger partial charge on any atom is -0.236 e. The molecule has 6 heteroatoms. The first-order valence-corrected chi connectivity index (χ1v) is 29.2. The van der Waals surface area contributed by atoms with E-state index in [9.17, 15) is 0 Å². The summed E-state index contributed by atoms with van der Waals surface area (Å²) in [5.41, 5.74) is 4.76. The molecule has 0 spiro atoms. The number of hydrogen-bond donors (Lipinski definition) is 0. The summed E-state index contributed by atoms with van der Waals surface area (Å²) in [6.45, 7) is 9.12. The molecule has 0 atom stereocenters. The van der Waals surface area contributed by atoms with E-state index in [1.807, 2.05) is 48.3 Å². The average Bonchev–Trinajstić information content (AvgIpc) is 3.34. The van der Waals surface area contributed by atoms with E-state index in [2.05, 4.69) is 96.2 Å². The second kappa shape index (κ2) is 40.4. The average molecular weight is 924 g/mol. The molecule has 0 unspecified atom stereocenters. The summed E-state index contributed by atoms with van der Waals surface area (Å²) in [5, 5.41) is 0. The molecule has 4 rings (SSSR count). The number of aryl methyl sites for hydroxylation is 2. The third-order valence-electron chi connectivity index (χ3n) is 12.6. The van der Waals surface area contributed by atoms with Gasteiger partial charge in [0.15, 0.2) is 11.6 Å². The highest BCUT2D eigenvalue weighted by Gasteiger charge is 2.06. The van der Waals surface area contributed by atoms with E-state index in [0.717, 1.165) is 35.6 Å². The minimum absolute atomic E-state index is 0.841. The molecular formula is C59H94N4S2. The lowest BCUT2D eigenvalue weighted by atomic mass is 10.1. The molecule has 2 aromatic heterocycles. The van der Waals surface area contributed by atoms with Crippen LogP contribution in [-0.2, 0) is 12.8 Å². The van der Waals surface area contributed by atoms with Crippen molar-refractivity contribution in [2.75, 3.05) is 11.5 Å². The van der Waals surface area contributed by atoms with E-state index in [4.69, 9.17) is 0 Å². The molecule has 0 N–H and O–H groups in total. The molecule has 0 bridgehead atoms. The van der Waals surface area contributed by atoms with Crippen molar-refractivity contribution in [3.63, 3.8) is 0 Å². The van der Waals surface area contributed by atoms with Gasteiger partial charge in [-0.3, -0.25) is 0 Å². The highest BCUT2D eigenvalue weighted by Crippen LogP contribution is 2.26. The van der Waals surface area contributed by atoms with Gasteiger partial charge in [-0.05, 0) is 85.4 Å². The lowest BCUT2D eigenvalue weighted by Crippen LogP contribution is -1.93. The van der Waals surface area contributed by atoms with E-state index < -0.39 is 0 Å². The zero-order valence-corrected chi connectivity index (χ0v) is 43.9. The van der Waals surface area contributed by atoms with Gasteiger partial charge in [0, 0.05) is 45.7 Å². The Hall–Kier alpha value is -2.70. The Morgan fingerprint density at radius 3 is 0.815 bits per heavy atom. The minimum atomic E-state index is 0.841. The normalized spacial score (nSPS) is 11.2. The van der Waals surface area contributed by atoms with Crippen molar-refractivity contribution in [2.45, 2.75) is 249 Å². The molecule has 4 nitrogen and oxygen atoms in total. The molecule has 0 fully saturated rings. The van der Waals surface area contributed by atoms with Gasteiger partial charge in [-0.25, -0.2) is 19.9 Å². The summed E-state index contributed by atoms with van der Waals surface area (Å²) >= 11 is 3.95. The van der Waals surface area contributed by atoms with Crippen molar-refractivity contribution in [1.82, 2.24) is 19.9 Å². The number of nitrogens with zero attached hydrogens (tertiary/aromatic N) is 4. The first-order chi connectivity index (χ1) is 32.2. The van der Waals surface area contributed by atoms with Gasteiger partial charge in [0.05, 0.1) is 0 Å². The number of hydrogen-bond acceptors (Lipinski definition) is 6. The number of aromatic nitrogens is 4. The molecule has 2 heterocycles. The summed E-state index contributed by atoms with van der Waals surface area (Å²) in [6.07, 6.45) is 52.8. The Bertz CT molecular complexity index is 1630. The lowest BCUT2D eigenvalue weighted by molar-refractivity contribution is 0.575. The van der Waals surface area contributed by atoms with Gasteiger partial charge in [0.1, 0.15) is 0 Å². The second-order valence-electron chi connectivity index (χ2n) is 18.6. The van der Waals surface area contributed by atoms with E-state index in [1.54, 1.807) is 0 Å². The van der Waals surface area contributed by atoms with Gasteiger partial charge >= 0.3 is 0 Å². The van der Waals surface area contributed by atoms with Crippen molar-refractivity contribution in [3.8, 4) is 22.8 Å². The Labute approximate surface area is 409 Å². The number of benzene rings is 2. The molecule has 0 aliphatic carbocycles. The third kappa shape index (κ3) is 28.9. The molecule has 4 aromatic rings. The van der Waals surface area contributed by atoms with E-state index >= 15 is 0 Å². The Kier molecular flexibility index (Phi) is 35.2. The summed E-state index contributed by atoms with van der Waals surface area (Å²) in [6, 6.07) is 17.6. The van der Waals surface area contributed by atoms with Crippen LogP contribution in [0.15, 0.2) is 83.1 Å². The first kappa shape index (κ1) is 56.6. The molecule has 0 saturated carbocycles. The smallest absolute Gasteiger partial charge is 0.159 e. The Morgan fingerprint density at radius 2 is 0.538 bits per heavy atom. The van der Waals surface area contributed by atoms with Crippen LogP contribution in [0, 0.1) is 0 Å². The molecule has 2 aromatic carbocycles. The van der Waals surface area contributed by atoms with E-state index in [-0.39, 0.29) is 0 Å². The summed E-state index contributed by atoms with van der Waals surface area (Å²) < 4.78 is 0. The van der Waals surface area contributed by atoms with Crippen LogP contribution in [0.5, 0.6) is 0 Å². The number of unbranched alkanes of at least 4 members (excludes halogenated alkanes) is 27. The van der Waals surface area contributed by atoms with Crippen LogP contribution in [-0.4, -0.2) is 31.4 Å². The van der Waals surface area contributed by atoms with Crippen molar-refractivity contribution < 1.29 is 0 Å². The topological polar surface area (TPSA) is 51.6 Å². The predicted molar refractivity (Wildman–Crippen MR) is 290 cm³/mol. The molecule has 362 valence electrons. The van der Waals surface area contributed by atoms with Crippen molar-refractivity contribution in [2.24, 2.45) is 0 Å². The maximum Gasteiger partial charge on any atom is 0.159 e. The van der Waals surface area contributed by atoms with Gasteiger partial charge in [-0.1, -0.05) is 225 Å². The quantitative estimate of drug-likeness (QED) is 0.0328.